The van der Waals surface area contributed by atoms with Gasteiger partial charge in [0.05, 0.1) is 22.3 Å². The Kier molecular flexibility index (Phi) is 2.98. The summed E-state index contributed by atoms with van der Waals surface area (Å²) in [6.45, 7) is 5.13. The van der Waals surface area contributed by atoms with Gasteiger partial charge in [0, 0.05) is 17.6 Å². The number of aryl methyl sites for hydroxylation is 2. The van der Waals surface area contributed by atoms with Crippen molar-refractivity contribution in [1.29, 1.82) is 0 Å². The lowest BCUT2D eigenvalue weighted by Crippen LogP contribution is -1.98. The van der Waals surface area contributed by atoms with E-state index in [2.05, 4.69) is 34.4 Å². The number of pyridine rings is 1. The van der Waals surface area contributed by atoms with Crippen molar-refractivity contribution in [2.45, 2.75) is 26.8 Å². The van der Waals surface area contributed by atoms with Crippen molar-refractivity contribution in [1.82, 2.24) is 14.5 Å². The summed E-state index contributed by atoms with van der Waals surface area (Å²) in [5.41, 5.74) is 9.21. The van der Waals surface area contributed by atoms with E-state index in [1.165, 1.54) is 4.88 Å². The molecule has 0 unspecified atom stereocenters. The Hall–Kier alpha value is -1.88. The zero-order chi connectivity index (χ0) is 13.4. The first-order valence-electron chi connectivity index (χ1n) is 6.43. The Morgan fingerprint density at radius 3 is 2.89 bits per heavy atom. The molecule has 0 aliphatic rings. The Labute approximate surface area is 115 Å². The third-order valence-electron chi connectivity index (χ3n) is 3.27. The molecule has 0 aliphatic heterocycles. The smallest absolute Gasteiger partial charge is 0.144 e. The molecule has 4 nitrogen and oxygen atoms in total. The van der Waals surface area contributed by atoms with Gasteiger partial charge < -0.3 is 10.3 Å². The number of fused-ring (bicyclic) bond motifs is 1. The topological polar surface area (TPSA) is 56.7 Å². The monoisotopic (exact) mass is 272 g/mol. The lowest BCUT2D eigenvalue weighted by Gasteiger charge is -2.04. The number of hydrogen-bond donors (Lipinski definition) is 1. The van der Waals surface area contributed by atoms with Gasteiger partial charge >= 0.3 is 0 Å². The average Bonchev–Trinajstić information content (AvgIpc) is 2.98. The van der Waals surface area contributed by atoms with E-state index >= 15 is 0 Å². The molecule has 0 fully saturated rings. The molecule has 0 aliphatic carbocycles. The van der Waals surface area contributed by atoms with Gasteiger partial charge in [0.25, 0.3) is 0 Å². The van der Waals surface area contributed by atoms with Crippen LogP contribution in [0.1, 0.15) is 18.7 Å². The van der Waals surface area contributed by atoms with Crippen LogP contribution in [0.4, 0.5) is 5.00 Å². The molecule has 0 bridgehead atoms. The molecule has 0 radical (unpaired) electrons. The van der Waals surface area contributed by atoms with Crippen molar-refractivity contribution in [2.24, 2.45) is 0 Å². The van der Waals surface area contributed by atoms with Crippen LogP contribution in [-0.2, 0) is 13.0 Å². The lowest BCUT2D eigenvalue weighted by molar-refractivity contribution is 0.796. The third kappa shape index (κ3) is 1.90. The number of nitrogens with zero attached hydrogens (tertiary/aromatic N) is 3. The Balaban J connectivity index is 2.26. The molecule has 3 heterocycles. The molecule has 0 spiro atoms. The summed E-state index contributed by atoms with van der Waals surface area (Å²) < 4.78 is 2.19. The largest absolute Gasteiger partial charge is 0.390 e. The molecule has 3 rings (SSSR count). The Morgan fingerprint density at radius 1 is 1.37 bits per heavy atom. The standard InChI is InChI=1S/C14H16N4S/c1-3-9-7-10(13(15)19-9)14-17-11-8-16-6-5-12(11)18(14)4-2/h5-8H,3-4,15H2,1-2H3. The summed E-state index contributed by atoms with van der Waals surface area (Å²) in [7, 11) is 0. The van der Waals surface area contributed by atoms with Crippen LogP contribution < -0.4 is 5.73 Å². The van der Waals surface area contributed by atoms with Crippen molar-refractivity contribution in [3.63, 3.8) is 0 Å². The first-order valence-corrected chi connectivity index (χ1v) is 7.25. The highest BCUT2D eigenvalue weighted by atomic mass is 32.1. The molecule has 0 amide bonds. The summed E-state index contributed by atoms with van der Waals surface area (Å²) in [4.78, 5) is 10.1. The van der Waals surface area contributed by atoms with E-state index in [-0.39, 0.29) is 0 Å². The molecule has 98 valence electrons. The van der Waals surface area contributed by atoms with Gasteiger partial charge in [-0.25, -0.2) is 4.98 Å². The van der Waals surface area contributed by atoms with Crippen molar-refractivity contribution < 1.29 is 0 Å². The second-order valence-electron chi connectivity index (χ2n) is 4.39. The maximum Gasteiger partial charge on any atom is 0.144 e. The number of nitrogen functional groups attached to an aromatic ring is 1. The third-order valence-corrected chi connectivity index (χ3v) is 4.38. The summed E-state index contributed by atoms with van der Waals surface area (Å²) in [5.74, 6) is 0.943. The van der Waals surface area contributed by atoms with E-state index in [0.717, 1.165) is 40.4 Å². The van der Waals surface area contributed by atoms with Crippen LogP contribution in [0.25, 0.3) is 22.4 Å². The fraction of sp³-hybridized carbons (Fsp3) is 0.286. The predicted octanol–water partition coefficient (Wildman–Crippen LogP) is 3.32. The number of nitrogens with two attached hydrogens (primary N) is 1. The van der Waals surface area contributed by atoms with Gasteiger partial charge in [0.2, 0.25) is 0 Å². The van der Waals surface area contributed by atoms with Gasteiger partial charge in [-0.3, -0.25) is 4.98 Å². The fourth-order valence-electron chi connectivity index (χ4n) is 2.31. The second-order valence-corrected chi connectivity index (χ2v) is 5.56. The lowest BCUT2D eigenvalue weighted by atomic mass is 10.2. The van der Waals surface area contributed by atoms with Crippen molar-refractivity contribution >= 4 is 27.4 Å². The number of aromatic nitrogens is 3. The molecule has 0 aromatic carbocycles. The highest BCUT2D eigenvalue weighted by Crippen LogP contribution is 2.35. The van der Waals surface area contributed by atoms with E-state index in [0.29, 0.717) is 0 Å². The van der Waals surface area contributed by atoms with E-state index in [1.807, 2.05) is 6.07 Å². The van der Waals surface area contributed by atoms with Crippen LogP contribution in [0.2, 0.25) is 0 Å². The van der Waals surface area contributed by atoms with Crippen LogP contribution in [0.15, 0.2) is 24.5 Å². The van der Waals surface area contributed by atoms with Crippen LogP contribution in [0.5, 0.6) is 0 Å². The van der Waals surface area contributed by atoms with Gasteiger partial charge in [-0.15, -0.1) is 11.3 Å². The van der Waals surface area contributed by atoms with E-state index < -0.39 is 0 Å². The van der Waals surface area contributed by atoms with Gasteiger partial charge in [0.15, 0.2) is 0 Å². The van der Waals surface area contributed by atoms with E-state index in [4.69, 9.17) is 5.73 Å². The zero-order valence-electron chi connectivity index (χ0n) is 11.1. The average molecular weight is 272 g/mol. The van der Waals surface area contributed by atoms with E-state index in [1.54, 1.807) is 23.7 Å². The fourth-order valence-corrected chi connectivity index (χ4v) is 3.18. The number of anilines is 1. The molecule has 19 heavy (non-hydrogen) atoms. The zero-order valence-corrected chi connectivity index (χ0v) is 11.9. The minimum atomic E-state index is 0.842. The van der Waals surface area contributed by atoms with Crippen LogP contribution in [-0.4, -0.2) is 14.5 Å². The molecule has 5 heteroatoms. The minimum absolute atomic E-state index is 0.842. The number of thiophene rings is 1. The summed E-state index contributed by atoms with van der Waals surface area (Å²) in [6, 6.07) is 4.15. The highest BCUT2D eigenvalue weighted by Gasteiger charge is 2.16. The molecular weight excluding hydrogens is 256 g/mol. The quantitative estimate of drug-likeness (QED) is 0.795. The first kappa shape index (κ1) is 12.2. The summed E-state index contributed by atoms with van der Waals surface area (Å²) in [5, 5.41) is 0.842. The molecule has 0 saturated carbocycles. The van der Waals surface area contributed by atoms with Crippen LogP contribution >= 0.6 is 11.3 Å². The normalized spacial score (nSPS) is 11.3. The molecule has 2 N–H and O–H groups in total. The summed E-state index contributed by atoms with van der Waals surface area (Å²) in [6.07, 6.45) is 4.60. The predicted molar refractivity (Wildman–Crippen MR) is 80.3 cm³/mol. The highest BCUT2D eigenvalue weighted by molar-refractivity contribution is 7.16. The number of imidazole rings is 1. The van der Waals surface area contributed by atoms with Gasteiger partial charge in [-0.1, -0.05) is 6.92 Å². The van der Waals surface area contributed by atoms with Crippen molar-refractivity contribution in [3.8, 4) is 11.4 Å². The van der Waals surface area contributed by atoms with Crippen molar-refractivity contribution in [3.05, 3.63) is 29.4 Å². The van der Waals surface area contributed by atoms with Crippen LogP contribution in [0, 0.1) is 0 Å². The number of hydrogen-bond acceptors (Lipinski definition) is 4. The van der Waals surface area contributed by atoms with Crippen LogP contribution in [0.3, 0.4) is 0 Å². The molecule has 0 atom stereocenters. The summed E-state index contributed by atoms with van der Waals surface area (Å²) >= 11 is 1.65. The van der Waals surface area contributed by atoms with E-state index in [9.17, 15) is 0 Å². The van der Waals surface area contributed by atoms with Crippen molar-refractivity contribution in [2.75, 3.05) is 5.73 Å². The number of rotatable bonds is 3. The van der Waals surface area contributed by atoms with Gasteiger partial charge in [0.1, 0.15) is 11.3 Å². The first-order chi connectivity index (χ1) is 9.24. The molecule has 3 aromatic heterocycles. The SMILES string of the molecule is CCc1cc(-c2nc3cnccc3n2CC)c(N)s1. The van der Waals surface area contributed by atoms with Gasteiger partial charge in [-0.05, 0) is 25.5 Å². The Morgan fingerprint density at radius 2 is 2.21 bits per heavy atom. The maximum atomic E-state index is 6.14. The molecular formula is C14H16N4S. The molecule has 3 aromatic rings. The van der Waals surface area contributed by atoms with Gasteiger partial charge in [-0.2, -0.15) is 0 Å². The second kappa shape index (κ2) is 4.66. The molecule has 0 saturated heterocycles. The maximum absolute atomic E-state index is 6.14. The Bertz CT molecular complexity index is 726. The minimum Gasteiger partial charge on any atom is -0.390 e.